The molecular weight excluding hydrogens is 309 g/mol. The Labute approximate surface area is 131 Å². The summed E-state index contributed by atoms with van der Waals surface area (Å²) in [5.41, 5.74) is 1.37. The molecule has 1 aliphatic carbocycles. The van der Waals surface area contributed by atoms with Crippen LogP contribution in [-0.4, -0.2) is 15.2 Å². The van der Waals surface area contributed by atoms with Crippen molar-refractivity contribution >= 4 is 22.7 Å². The van der Waals surface area contributed by atoms with E-state index in [1.54, 1.807) is 12.1 Å². The first-order valence-electron chi connectivity index (χ1n) is 7.46. The number of halogens is 3. The van der Waals surface area contributed by atoms with Crippen LogP contribution in [0.3, 0.4) is 0 Å². The number of benzene rings is 1. The van der Waals surface area contributed by atoms with E-state index in [0.717, 1.165) is 36.6 Å². The third-order valence-corrected chi connectivity index (χ3v) is 5.24. The number of rotatable bonds is 2. The van der Waals surface area contributed by atoms with E-state index in [0.29, 0.717) is 15.8 Å². The van der Waals surface area contributed by atoms with Gasteiger partial charge in [-0.2, -0.15) is 13.2 Å². The van der Waals surface area contributed by atoms with Crippen LogP contribution in [0.2, 0.25) is 0 Å². The molecule has 2 nitrogen and oxygen atoms in total. The van der Waals surface area contributed by atoms with E-state index < -0.39 is 12.0 Å². The summed E-state index contributed by atoms with van der Waals surface area (Å²) < 4.78 is 39.1. The quantitative estimate of drug-likeness (QED) is 0.693. The van der Waals surface area contributed by atoms with Gasteiger partial charge in [0.1, 0.15) is 5.03 Å². The highest BCUT2D eigenvalue weighted by Gasteiger charge is 2.35. The first-order valence-corrected chi connectivity index (χ1v) is 8.34. The summed E-state index contributed by atoms with van der Waals surface area (Å²) in [6, 6.07) is 5.30. The molecule has 0 bridgehead atoms. The molecule has 1 aliphatic rings. The highest BCUT2D eigenvalue weighted by atomic mass is 32.2. The van der Waals surface area contributed by atoms with Crippen LogP contribution in [0.4, 0.5) is 13.2 Å². The summed E-state index contributed by atoms with van der Waals surface area (Å²) >= 11 is 1.48. The van der Waals surface area contributed by atoms with E-state index in [9.17, 15) is 13.2 Å². The number of hydrogen-bond donors (Lipinski definition) is 0. The average Bonchev–Trinajstić information content (AvgIpc) is 2.47. The van der Waals surface area contributed by atoms with Crippen LogP contribution in [-0.2, 0) is 6.18 Å². The summed E-state index contributed by atoms with van der Waals surface area (Å²) in [4.78, 5) is 7.53. The van der Waals surface area contributed by atoms with Gasteiger partial charge in [0.25, 0.3) is 0 Å². The lowest BCUT2D eigenvalue weighted by molar-refractivity contribution is -0.145. The van der Waals surface area contributed by atoms with Crippen LogP contribution < -0.4 is 0 Å². The molecular formula is C16H17F3N2S. The Kier molecular flexibility index (Phi) is 4.30. The Balaban J connectivity index is 2.05. The molecule has 3 rings (SSSR count). The van der Waals surface area contributed by atoms with Gasteiger partial charge in [-0.05, 0) is 31.9 Å². The van der Waals surface area contributed by atoms with Crippen molar-refractivity contribution < 1.29 is 13.2 Å². The predicted octanol–water partition coefficient (Wildman–Crippen LogP) is 5.38. The van der Waals surface area contributed by atoms with Crippen molar-refractivity contribution in [1.29, 1.82) is 0 Å². The van der Waals surface area contributed by atoms with Gasteiger partial charge in [-0.1, -0.05) is 30.9 Å². The topological polar surface area (TPSA) is 25.8 Å². The van der Waals surface area contributed by atoms with Gasteiger partial charge < -0.3 is 0 Å². The lowest BCUT2D eigenvalue weighted by Gasteiger charge is -2.21. The molecule has 1 saturated carbocycles. The maximum atomic E-state index is 13.0. The molecule has 2 aromatic rings. The smallest absolute Gasteiger partial charge is 0.224 e. The van der Waals surface area contributed by atoms with Gasteiger partial charge in [0, 0.05) is 10.6 Å². The number of fused-ring (bicyclic) bond motifs is 1. The van der Waals surface area contributed by atoms with Crippen molar-refractivity contribution in [2.75, 3.05) is 0 Å². The summed E-state index contributed by atoms with van der Waals surface area (Å²) in [6.45, 7) is 1.92. The van der Waals surface area contributed by atoms with Crippen molar-refractivity contribution in [2.24, 2.45) is 0 Å². The summed E-state index contributed by atoms with van der Waals surface area (Å²) in [5.74, 6) is -1.04. The minimum absolute atomic E-state index is 0.355. The van der Waals surface area contributed by atoms with E-state index in [4.69, 9.17) is 0 Å². The Morgan fingerprint density at radius 1 is 1.09 bits per heavy atom. The van der Waals surface area contributed by atoms with E-state index in [2.05, 4.69) is 9.97 Å². The van der Waals surface area contributed by atoms with Crippen LogP contribution in [0.15, 0.2) is 23.2 Å². The lowest BCUT2D eigenvalue weighted by atomic mass is 10.0. The Morgan fingerprint density at radius 2 is 1.82 bits per heavy atom. The second kappa shape index (κ2) is 6.07. The Morgan fingerprint density at radius 3 is 2.50 bits per heavy atom. The number of nitrogens with zero attached hydrogens (tertiary/aromatic N) is 2. The van der Waals surface area contributed by atoms with E-state index in [1.807, 2.05) is 13.0 Å². The van der Waals surface area contributed by atoms with Gasteiger partial charge in [0.15, 0.2) is 0 Å². The predicted molar refractivity (Wildman–Crippen MR) is 82.0 cm³/mol. The minimum Gasteiger partial charge on any atom is -0.224 e. The molecule has 0 N–H and O–H groups in total. The number of aromatic nitrogens is 2. The normalized spacial score (nSPS) is 17.1. The molecule has 1 aromatic carbocycles. The number of hydrogen-bond acceptors (Lipinski definition) is 3. The van der Waals surface area contributed by atoms with E-state index >= 15 is 0 Å². The van der Waals surface area contributed by atoms with Gasteiger partial charge in [0.2, 0.25) is 5.82 Å². The molecule has 1 aromatic heterocycles. The maximum absolute atomic E-state index is 13.0. The fourth-order valence-corrected chi connectivity index (χ4v) is 4.09. The van der Waals surface area contributed by atoms with Gasteiger partial charge in [0.05, 0.1) is 5.52 Å². The molecule has 0 saturated heterocycles. The minimum atomic E-state index is -4.51. The average molecular weight is 326 g/mol. The molecule has 0 spiro atoms. The van der Waals surface area contributed by atoms with E-state index in [1.165, 1.54) is 18.2 Å². The van der Waals surface area contributed by atoms with E-state index in [-0.39, 0.29) is 0 Å². The maximum Gasteiger partial charge on any atom is 0.451 e. The first-order chi connectivity index (χ1) is 10.4. The fraction of sp³-hybridized carbons (Fsp3) is 0.500. The largest absolute Gasteiger partial charge is 0.451 e. The van der Waals surface area contributed by atoms with Crippen LogP contribution in [0.25, 0.3) is 10.9 Å². The van der Waals surface area contributed by atoms with Gasteiger partial charge in [-0.15, -0.1) is 11.8 Å². The van der Waals surface area contributed by atoms with Crippen molar-refractivity contribution in [1.82, 2.24) is 9.97 Å². The Hall–Kier alpha value is -1.30. The summed E-state index contributed by atoms with van der Waals surface area (Å²) in [5, 5.41) is 1.55. The molecule has 0 radical (unpaired) electrons. The molecule has 118 valence electrons. The van der Waals surface area contributed by atoms with Gasteiger partial charge >= 0.3 is 6.18 Å². The molecule has 22 heavy (non-hydrogen) atoms. The van der Waals surface area contributed by atoms with Crippen molar-refractivity contribution in [2.45, 2.75) is 55.5 Å². The van der Waals surface area contributed by atoms with Crippen molar-refractivity contribution in [3.8, 4) is 0 Å². The number of aryl methyl sites for hydroxylation is 1. The second-order valence-electron chi connectivity index (χ2n) is 5.75. The van der Waals surface area contributed by atoms with Crippen LogP contribution in [0.1, 0.15) is 43.5 Å². The van der Waals surface area contributed by atoms with Crippen molar-refractivity contribution in [3.05, 3.63) is 29.6 Å². The monoisotopic (exact) mass is 326 g/mol. The molecule has 0 atom stereocenters. The SMILES string of the molecule is Cc1ccc2nc(C(F)(F)F)nc(SC3CCCCC3)c2c1. The highest BCUT2D eigenvalue weighted by Crippen LogP contribution is 2.38. The summed E-state index contributed by atoms with van der Waals surface area (Å²) in [7, 11) is 0. The molecule has 0 unspecified atom stereocenters. The highest BCUT2D eigenvalue weighted by molar-refractivity contribution is 8.00. The summed E-state index contributed by atoms with van der Waals surface area (Å²) in [6.07, 6.45) is 1.08. The first kappa shape index (κ1) is 15.6. The zero-order valence-electron chi connectivity index (χ0n) is 12.3. The number of thioether (sulfide) groups is 1. The fourth-order valence-electron chi connectivity index (χ4n) is 2.77. The molecule has 1 fully saturated rings. The number of alkyl halides is 3. The standard InChI is InChI=1S/C16H17F3N2S/c1-10-7-8-13-12(9-10)14(21-15(20-13)16(17,18)19)22-11-5-3-2-4-6-11/h7-9,11H,2-6H2,1H3. The van der Waals surface area contributed by atoms with Gasteiger partial charge in [-0.3, -0.25) is 0 Å². The lowest BCUT2D eigenvalue weighted by Crippen LogP contribution is -2.13. The zero-order valence-corrected chi connectivity index (χ0v) is 13.1. The third-order valence-electron chi connectivity index (χ3n) is 3.90. The molecule has 0 aliphatic heterocycles. The second-order valence-corrected chi connectivity index (χ2v) is 7.04. The van der Waals surface area contributed by atoms with Crippen LogP contribution in [0, 0.1) is 6.92 Å². The molecule has 0 amide bonds. The van der Waals surface area contributed by atoms with Crippen LogP contribution >= 0.6 is 11.8 Å². The molecule has 1 heterocycles. The zero-order chi connectivity index (χ0) is 15.7. The molecule has 6 heteroatoms. The van der Waals surface area contributed by atoms with Crippen LogP contribution in [0.5, 0.6) is 0 Å². The van der Waals surface area contributed by atoms with Crippen molar-refractivity contribution in [3.63, 3.8) is 0 Å². The Bertz CT molecular complexity index is 679. The third kappa shape index (κ3) is 3.37. The van der Waals surface area contributed by atoms with Gasteiger partial charge in [-0.25, -0.2) is 9.97 Å².